The molecule has 8 nitrogen and oxygen atoms in total. The Morgan fingerprint density at radius 3 is 2.73 bits per heavy atom. The summed E-state index contributed by atoms with van der Waals surface area (Å²) in [5.41, 5.74) is 2.14. The molecule has 1 fully saturated rings. The summed E-state index contributed by atoms with van der Waals surface area (Å²) < 4.78 is 18.5. The lowest BCUT2D eigenvalue weighted by molar-refractivity contribution is -0.115. The maximum atomic E-state index is 12.5. The van der Waals surface area contributed by atoms with Crippen LogP contribution in [-0.4, -0.2) is 47.6 Å². The van der Waals surface area contributed by atoms with E-state index in [4.69, 9.17) is 14.2 Å². The normalized spacial score (nSPS) is 16.0. The van der Waals surface area contributed by atoms with E-state index in [0.717, 1.165) is 55.2 Å². The van der Waals surface area contributed by atoms with Crippen molar-refractivity contribution >= 4 is 11.7 Å². The van der Waals surface area contributed by atoms with E-state index in [1.165, 1.54) is 0 Å². The van der Waals surface area contributed by atoms with Crippen molar-refractivity contribution in [3.63, 3.8) is 0 Å². The molecule has 0 atom stereocenters. The Balaban J connectivity index is 1.18. The fraction of sp³-hybridized carbons (Fsp3) is 0.360. The second-order valence-corrected chi connectivity index (χ2v) is 8.41. The first kappa shape index (κ1) is 21.3. The molecule has 5 rings (SSSR count). The minimum atomic E-state index is -0.0304. The van der Waals surface area contributed by atoms with Crippen molar-refractivity contribution in [1.29, 1.82) is 0 Å². The number of carbonyl (C=O) groups is 1. The number of nitrogens with one attached hydrogen (secondary N) is 1. The molecule has 8 heteroatoms. The van der Waals surface area contributed by atoms with Gasteiger partial charge in [0, 0.05) is 25.7 Å². The molecule has 1 saturated heterocycles. The molecule has 33 heavy (non-hydrogen) atoms. The summed E-state index contributed by atoms with van der Waals surface area (Å²) in [6.45, 7) is 2.94. The zero-order chi connectivity index (χ0) is 22.6. The number of carbonyl (C=O) groups excluding carboxylic acids is 1. The number of anilines is 1. The van der Waals surface area contributed by atoms with Crippen molar-refractivity contribution in [2.24, 2.45) is 0 Å². The van der Waals surface area contributed by atoms with Crippen LogP contribution in [0.15, 0.2) is 54.7 Å². The summed E-state index contributed by atoms with van der Waals surface area (Å²) in [6, 6.07) is 15.9. The fourth-order valence-electron chi connectivity index (χ4n) is 4.53. The molecule has 0 spiro atoms. The number of rotatable bonds is 7. The monoisotopic (exact) mass is 448 g/mol. The lowest BCUT2D eigenvalue weighted by atomic mass is 10.0. The van der Waals surface area contributed by atoms with Crippen LogP contribution < -0.4 is 19.5 Å². The summed E-state index contributed by atoms with van der Waals surface area (Å²) in [7, 11) is 1.65. The van der Waals surface area contributed by atoms with Gasteiger partial charge in [0.05, 0.1) is 25.8 Å². The Labute approximate surface area is 193 Å². The van der Waals surface area contributed by atoms with Gasteiger partial charge >= 0.3 is 0 Å². The highest BCUT2D eigenvalue weighted by Gasteiger charge is 2.25. The van der Waals surface area contributed by atoms with Gasteiger partial charge in [0.2, 0.25) is 18.4 Å². The molecule has 2 aromatic carbocycles. The molecule has 172 valence electrons. The van der Waals surface area contributed by atoms with Crippen molar-refractivity contribution in [2.45, 2.75) is 31.8 Å². The second-order valence-electron chi connectivity index (χ2n) is 8.41. The van der Waals surface area contributed by atoms with Crippen LogP contribution in [0.3, 0.4) is 0 Å². The summed E-state index contributed by atoms with van der Waals surface area (Å²) in [6.07, 6.45) is 4.03. The number of likely N-dealkylation sites (tertiary alicyclic amines) is 1. The Bertz CT molecular complexity index is 1110. The largest absolute Gasteiger partial charge is 0.493 e. The van der Waals surface area contributed by atoms with Crippen LogP contribution in [0.5, 0.6) is 17.2 Å². The average Bonchev–Trinajstić information content (AvgIpc) is 3.49. The van der Waals surface area contributed by atoms with Crippen LogP contribution >= 0.6 is 0 Å². The third-order valence-corrected chi connectivity index (χ3v) is 6.17. The van der Waals surface area contributed by atoms with Gasteiger partial charge in [0.1, 0.15) is 5.82 Å². The van der Waals surface area contributed by atoms with Crippen molar-refractivity contribution in [3.05, 3.63) is 65.9 Å². The van der Waals surface area contributed by atoms with Gasteiger partial charge < -0.3 is 19.5 Å². The number of methoxy groups -OCH3 is 1. The van der Waals surface area contributed by atoms with Crippen LogP contribution in [0.4, 0.5) is 5.82 Å². The van der Waals surface area contributed by atoms with E-state index >= 15 is 0 Å². The molecule has 0 saturated carbocycles. The van der Waals surface area contributed by atoms with Gasteiger partial charge in [0.15, 0.2) is 11.5 Å². The quantitative estimate of drug-likeness (QED) is 0.595. The van der Waals surface area contributed by atoms with Crippen LogP contribution in [0, 0.1) is 0 Å². The number of hydrogen-bond donors (Lipinski definition) is 1. The lowest BCUT2D eigenvalue weighted by Gasteiger charge is -2.32. The van der Waals surface area contributed by atoms with Gasteiger partial charge in [-0.3, -0.25) is 9.69 Å². The highest BCUT2D eigenvalue weighted by Crippen LogP contribution is 2.42. The first-order valence-electron chi connectivity index (χ1n) is 11.3. The minimum absolute atomic E-state index is 0.0304. The molecule has 1 amide bonds. The molecule has 3 heterocycles. The molecule has 1 aromatic heterocycles. The molecule has 0 aliphatic carbocycles. The maximum Gasteiger partial charge on any atom is 0.231 e. The number of hydrogen-bond acceptors (Lipinski definition) is 6. The molecule has 1 N–H and O–H groups in total. The highest BCUT2D eigenvalue weighted by atomic mass is 16.7. The summed E-state index contributed by atoms with van der Waals surface area (Å²) >= 11 is 0. The first-order chi connectivity index (χ1) is 16.2. The van der Waals surface area contributed by atoms with Crippen molar-refractivity contribution in [2.75, 3.05) is 32.3 Å². The number of nitrogens with zero attached hydrogens (tertiary/aromatic N) is 3. The van der Waals surface area contributed by atoms with Crippen LogP contribution in [0.2, 0.25) is 0 Å². The molecular formula is C25H28N4O4. The predicted octanol–water partition coefficient (Wildman–Crippen LogP) is 3.64. The fourth-order valence-corrected chi connectivity index (χ4v) is 4.53. The van der Waals surface area contributed by atoms with Crippen LogP contribution in [-0.2, 0) is 17.8 Å². The van der Waals surface area contributed by atoms with Crippen molar-refractivity contribution in [3.8, 4) is 17.2 Å². The zero-order valence-electron chi connectivity index (χ0n) is 18.7. The molecule has 2 aliphatic heterocycles. The Hall–Kier alpha value is -3.52. The standard InChI is InChI=1S/C25H28N4O4/c1-31-21-13-19(14-22-25(21)33-17-32-22)16-28-11-8-20(9-12-28)29-23(7-10-26-29)27-24(30)15-18-5-3-2-4-6-18/h2-7,10,13-14,20H,8-9,11-12,15-17H2,1H3,(H,27,30). The topological polar surface area (TPSA) is 77.9 Å². The second kappa shape index (κ2) is 9.54. The SMILES string of the molecule is COc1cc(CN2CCC(n3nccc3NC(=O)Cc3ccccc3)CC2)cc2c1OCO2. The van der Waals surface area contributed by atoms with E-state index in [1.807, 2.05) is 53.2 Å². The first-order valence-corrected chi connectivity index (χ1v) is 11.3. The van der Waals surface area contributed by atoms with E-state index in [9.17, 15) is 4.79 Å². The zero-order valence-corrected chi connectivity index (χ0v) is 18.7. The Morgan fingerprint density at radius 2 is 1.94 bits per heavy atom. The predicted molar refractivity (Wildman–Crippen MR) is 124 cm³/mol. The number of fused-ring (bicyclic) bond motifs is 1. The van der Waals surface area contributed by atoms with Gasteiger partial charge in [-0.15, -0.1) is 0 Å². The maximum absolute atomic E-state index is 12.5. The minimum Gasteiger partial charge on any atom is -0.493 e. The lowest BCUT2D eigenvalue weighted by Crippen LogP contribution is -2.35. The van der Waals surface area contributed by atoms with E-state index in [2.05, 4.69) is 15.3 Å². The van der Waals surface area contributed by atoms with Crippen molar-refractivity contribution < 1.29 is 19.0 Å². The molecule has 0 unspecified atom stereocenters. The molecule has 0 bridgehead atoms. The van der Waals surface area contributed by atoms with Gasteiger partial charge in [0.25, 0.3) is 0 Å². The van der Waals surface area contributed by atoms with E-state index in [0.29, 0.717) is 17.9 Å². The molecule has 0 radical (unpaired) electrons. The van der Waals surface area contributed by atoms with E-state index in [1.54, 1.807) is 13.3 Å². The smallest absolute Gasteiger partial charge is 0.231 e. The molecule has 3 aromatic rings. The van der Waals surface area contributed by atoms with Gasteiger partial charge in [-0.25, -0.2) is 4.68 Å². The number of ether oxygens (including phenoxy) is 3. The summed E-state index contributed by atoms with van der Waals surface area (Å²) in [5, 5.41) is 7.54. The molecule has 2 aliphatic rings. The van der Waals surface area contributed by atoms with Crippen molar-refractivity contribution in [1.82, 2.24) is 14.7 Å². The van der Waals surface area contributed by atoms with Gasteiger partial charge in [-0.2, -0.15) is 5.10 Å². The number of benzene rings is 2. The summed E-state index contributed by atoms with van der Waals surface area (Å²) in [4.78, 5) is 14.9. The Morgan fingerprint density at radius 1 is 1.12 bits per heavy atom. The Kier molecular flexibility index (Phi) is 6.17. The van der Waals surface area contributed by atoms with E-state index < -0.39 is 0 Å². The average molecular weight is 449 g/mol. The molecular weight excluding hydrogens is 420 g/mol. The summed E-state index contributed by atoms with van der Waals surface area (Å²) in [5.74, 6) is 2.86. The van der Waals surface area contributed by atoms with Crippen LogP contribution in [0.1, 0.15) is 30.0 Å². The van der Waals surface area contributed by atoms with Gasteiger partial charge in [-0.05, 0) is 36.1 Å². The third kappa shape index (κ3) is 4.80. The number of aromatic nitrogens is 2. The third-order valence-electron chi connectivity index (χ3n) is 6.17. The van der Waals surface area contributed by atoms with Gasteiger partial charge in [-0.1, -0.05) is 30.3 Å². The van der Waals surface area contributed by atoms with Crippen LogP contribution in [0.25, 0.3) is 0 Å². The highest BCUT2D eigenvalue weighted by molar-refractivity contribution is 5.91. The number of amides is 1. The van der Waals surface area contributed by atoms with E-state index in [-0.39, 0.29) is 18.7 Å². The number of piperidine rings is 1.